The fourth-order valence-electron chi connectivity index (χ4n) is 2.03. The number of carbonyl (C=O) groups excluding carboxylic acids is 1. The number of halogens is 2. The summed E-state index contributed by atoms with van der Waals surface area (Å²) in [6.07, 6.45) is 2.83. The molecule has 1 unspecified atom stereocenters. The zero-order chi connectivity index (χ0) is 13.0. The number of benzene rings is 1. The molecule has 0 aromatic heterocycles. The van der Waals surface area contributed by atoms with Crippen molar-refractivity contribution in [2.45, 2.75) is 31.8 Å². The molecule has 1 aliphatic rings. The minimum atomic E-state index is -0.258. The van der Waals surface area contributed by atoms with Gasteiger partial charge in [-0.25, -0.2) is 4.39 Å². The lowest BCUT2D eigenvalue weighted by Crippen LogP contribution is -2.42. The second-order valence-corrected chi connectivity index (χ2v) is 5.37. The molecule has 1 heterocycles. The highest BCUT2D eigenvalue weighted by atomic mass is 79.9. The van der Waals surface area contributed by atoms with Crippen molar-refractivity contribution < 1.29 is 9.18 Å². The highest BCUT2D eigenvalue weighted by molar-refractivity contribution is 9.10. The molecule has 1 amide bonds. The van der Waals surface area contributed by atoms with Crippen LogP contribution in [0.5, 0.6) is 0 Å². The summed E-state index contributed by atoms with van der Waals surface area (Å²) in [6.45, 7) is 1.11. The molecule has 1 atom stereocenters. The molecule has 0 radical (unpaired) electrons. The Hall–Kier alpha value is -0.940. The van der Waals surface area contributed by atoms with E-state index in [1.54, 1.807) is 12.1 Å². The van der Waals surface area contributed by atoms with Crippen LogP contribution in [-0.2, 0) is 11.3 Å². The molecule has 1 fully saturated rings. The second kappa shape index (κ2) is 6.29. The van der Waals surface area contributed by atoms with Gasteiger partial charge < -0.3 is 10.6 Å². The van der Waals surface area contributed by atoms with Gasteiger partial charge in [0.25, 0.3) is 0 Å². The van der Waals surface area contributed by atoms with Crippen LogP contribution in [0.25, 0.3) is 0 Å². The van der Waals surface area contributed by atoms with E-state index < -0.39 is 0 Å². The van der Waals surface area contributed by atoms with Crippen molar-refractivity contribution >= 4 is 21.8 Å². The lowest BCUT2D eigenvalue weighted by atomic mass is 10.1. The first-order chi connectivity index (χ1) is 8.66. The summed E-state index contributed by atoms with van der Waals surface area (Å²) < 4.78 is 14.3. The van der Waals surface area contributed by atoms with Gasteiger partial charge in [-0.1, -0.05) is 22.0 Å². The lowest BCUT2D eigenvalue weighted by Gasteiger charge is -2.15. The van der Waals surface area contributed by atoms with E-state index in [4.69, 9.17) is 0 Å². The molecule has 18 heavy (non-hydrogen) atoms. The van der Waals surface area contributed by atoms with Crippen LogP contribution in [0.15, 0.2) is 22.7 Å². The molecule has 1 aromatic rings. The first-order valence-electron chi connectivity index (χ1n) is 6.12. The third kappa shape index (κ3) is 3.53. The first kappa shape index (κ1) is 13.5. The Morgan fingerprint density at radius 3 is 3.06 bits per heavy atom. The van der Waals surface area contributed by atoms with Crippen molar-refractivity contribution in [3.63, 3.8) is 0 Å². The number of carbonyl (C=O) groups is 1. The second-order valence-electron chi connectivity index (χ2n) is 4.46. The Kier molecular flexibility index (Phi) is 4.72. The highest BCUT2D eigenvalue weighted by Gasteiger charge is 2.20. The first-order valence-corrected chi connectivity index (χ1v) is 6.91. The maximum Gasteiger partial charge on any atom is 0.237 e. The lowest BCUT2D eigenvalue weighted by molar-refractivity contribution is -0.122. The highest BCUT2D eigenvalue weighted by Crippen LogP contribution is 2.15. The van der Waals surface area contributed by atoms with Crippen molar-refractivity contribution in [1.29, 1.82) is 0 Å². The molecular formula is C13H16BrFN2O. The number of hydrogen-bond acceptors (Lipinski definition) is 2. The maximum atomic E-state index is 13.6. The van der Waals surface area contributed by atoms with Gasteiger partial charge in [0, 0.05) is 23.1 Å². The normalized spacial score (nSPS) is 20.3. The van der Waals surface area contributed by atoms with Crippen LogP contribution in [0.3, 0.4) is 0 Å². The van der Waals surface area contributed by atoms with E-state index in [-0.39, 0.29) is 17.8 Å². The molecule has 0 spiro atoms. The zero-order valence-electron chi connectivity index (χ0n) is 10.0. The smallest absolute Gasteiger partial charge is 0.237 e. The molecule has 1 saturated heterocycles. The Morgan fingerprint density at radius 2 is 2.28 bits per heavy atom. The van der Waals surface area contributed by atoms with Gasteiger partial charge in [-0.3, -0.25) is 4.79 Å². The van der Waals surface area contributed by atoms with Gasteiger partial charge in [0.2, 0.25) is 5.91 Å². The molecule has 1 aromatic carbocycles. The fraction of sp³-hybridized carbons (Fsp3) is 0.462. The summed E-state index contributed by atoms with van der Waals surface area (Å²) in [5.74, 6) is -0.240. The van der Waals surface area contributed by atoms with Crippen LogP contribution in [0.1, 0.15) is 24.8 Å². The van der Waals surface area contributed by atoms with Gasteiger partial charge in [0.05, 0.1) is 6.04 Å². The van der Waals surface area contributed by atoms with Gasteiger partial charge in [-0.15, -0.1) is 0 Å². The Labute approximate surface area is 114 Å². The summed E-state index contributed by atoms with van der Waals surface area (Å²) in [4.78, 5) is 11.7. The van der Waals surface area contributed by atoms with Gasteiger partial charge in [-0.05, 0) is 31.4 Å². The van der Waals surface area contributed by atoms with E-state index in [1.807, 2.05) is 0 Å². The van der Waals surface area contributed by atoms with Crippen molar-refractivity contribution in [1.82, 2.24) is 10.6 Å². The molecule has 0 bridgehead atoms. The Morgan fingerprint density at radius 1 is 1.44 bits per heavy atom. The Balaban J connectivity index is 1.95. The van der Waals surface area contributed by atoms with Crippen LogP contribution in [0, 0.1) is 5.82 Å². The predicted octanol–water partition coefficient (Wildman–Crippen LogP) is 2.35. The average molecular weight is 315 g/mol. The Bertz CT molecular complexity index is 439. The van der Waals surface area contributed by atoms with E-state index in [1.165, 1.54) is 6.07 Å². The molecule has 3 nitrogen and oxygen atoms in total. The third-order valence-electron chi connectivity index (χ3n) is 3.09. The molecular weight excluding hydrogens is 299 g/mol. The standard InChI is InChI=1S/C13H16BrFN2O/c14-10-5-4-9(11(15)7-10)8-17-12-3-1-2-6-16-13(12)18/h4-5,7,12,17H,1-3,6,8H2,(H,16,18). The van der Waals surface area contributed by atoms with Crippen molar-refractivity contribution in [3.8, 4) is 0 Å². The van der Waals surface area contributed by atoms with E-state index in [0.717, 1.165) is 30.3 Å². The molecule has 2 rings (SSSR count). The number of nitrogens with one attached hydrogen (secondary N) is 2. The molecule has 1 aliphatic heterocycles. The van der Waals surface area contributed by atoms with Crippen LogP contribution >= 0.6 is 15.9 Å². The predicted molar refractivity (Wildman–Crippen MR) is 71.6 cm³/mol. The minimum Gasteiger partial charge on any atom is -0.355 e. The summed E-state index contributed by atoms with van der Waals surface area (Å²) in [5, 5.41) is 5.97. The molecule has 5 heteroatoms. The summed E-state index contributed by atoms with van der Waals surface area (Å²) in [6, 6.07) is 4.74. The maximum absolute atomic E-state index is 13.6. The monoisotopic (exact) mass is 314 g/mol. The SMILES string of the molecule is O=C1NCCCCC1NCc1ccc(Br)cc1F. The van der Waals surface area contributed by atoms with Crippen molar-refractivity contribution in [2.75, 3.05) is 6.54 Å². The van der Waals surface area contributed by atoms with Crippen LogP contribution in [0.2, 0.25) is 0 Å². The summed E-state index contributed by atoms with van der Waals surface area (Å²) >= 11 is 3.22. The molecule has 98 valence electrons. The van der Waals surface area contributed by atoms with E-state index in [2.05, 4.69) is 26.6 Å². The fourth-order valence-corrected chi connectivity index (χ4v) is 2.37. The molecule has 0 saturated carbocycles. The van der Waals surface area contributed by atoms with Crippen LogP contribution in [0.4, 0.5) is 4.39 Å². The number of hydrogen-bond donors (Lipinski definition) is 2. The molecule has 0 aliphatic carbocycles. The van der Waals surface area contributed by atoms with Crippen LogP contribution in [-0.4, -0.2) is 18.5 Å². The summed E-state index contributed by atoms with van der Waals surface area (Å²) in [7, 11) is 0. The quantitative estimate of drug-likeness (QED) is 0.899. The van der Waals surface area contributed by atoms with E-state index in [9.17, 15) is 9.18 Å². The van der Waals surface area contributed by atoms with Gasteiger partial charge in [0.1, 0.15) is 5.82 Å². The van der Waals surface area contributed by atoms with Gasteiger partial charge >= 0.3 is 0 Å². The van der Waals surface area contributed by atoms with Gasteiger partial charge in [-0.2, -0.15) is 0 Å². The van der Waals surface area contributed by atoms with E-state index >= 15 is 0 Å². The van der Waals surface area contributed by atoms with Crippen LogP contribution < -0.4 is 10.6 Å². The molecule has 2 N–H and O–H groups in total. The zero-order valence-corrected chi connectivity index (χ0v) is 11.6. The summed E-state index contributed by atoms with van der Waals surface area (Å²) in [5.41, 5.74) is 0.579. The van der Waals surface area contributed by atoms with Gasteiger partial charge in [0.15, 0.2) is 0 Å². The topological polar surface area (TPSA) is 41.1 Å². The average Bonchev–Trinajstić information content (AvgIpc) is 2.53. The van der Waals surface area contributed by atoms with Crippen molar-refractivity contribution in [3.05, 3.63) is 34.1 Å². The largest absolute Gasteiger partial charge is 0.355 e. The number of rotatable bonds is 3. The number of amides is 1. The van der Waals surface area contributed by atoms with E-state index in [0.29, 0.717) is 12.1 Å². The minimum absolute atomic E-state index is 0.0185. The third-order valence-corrected chi connectivity index (χ3v) is 3.58. The van der Waals surface area contributed by atoms with Crippen molar-refractivity contribution in [2.24, 2.45) is 0 Å².